The number of carbonyl (C=O) groups is 3. The van der Waals surface area contributed by atoms with E-state index in [9.17, 15) is 23.2 Å². The Morgan fingerprint density at radius 1 is 1.03 bits per heavy atom. The summed E-state index contributed by atoms with van der Waals surface area (Å²) < 4.78 is 26.8. The number of likely N-dealkylation sites (tertiary alicyclic amines) is 1. The molecule has 2 aromatic carbocycles. The molecular formula is C23H21F2N5O3S. The fraction of sp³-hybridized carbons (Fsp3) is 0.261. The summed E-state index contributed by atoms with van der Waals surface area (Å²) in [5, 5.41) is 13.0. The zero-order valence-corrected chi connectivity index (χ0v) is 18.8. The summed E-state index contributed by atoms with van der Waals surface area (Å²) in [6.45, 7) is 0.712. The maximum Gasteiger partial charge on any atom is 0.286 e. The predicted octanol–water partition coefficient (Wildman–Crippen LogP) is 3.24. The number of aromatic nitrogens is 2. The summed E-state index contributed by atoms with van der Waals surface area (Å²) in [5.74, 6) is -2.48. The highest BCUT2D eigenvalue weighted by atomic mass is 32.1. The molecule has 11 heteroatoms. The van der Waals surface area contributed by atoms with Gasteiger partial charge in [-0.15, -0.1) is 10.2 Å². The van der Waals surface area contributed by atoms with Crippen molar-refractivity contribution < 1.29 is 23.2 Å². The predicted molar refractivity (Wildman–Crippen MR) is 121 cm³/mol. The molecule has 1 aromatic heterocycles. The monoisotopic (exact) mass is 485 g/mol. The summed E-state index contributed by atoms with van der Waals surface area (Å²) in [6.07, 6.45) is 1.23. The first kappa shape index (κ1) is 23.4. The third-order valence-corrected chi connectivity index (χ3v) is 6.30. The topological polar surface area (TPSA) is 104 Å². The molecule has 4 rings (SSSR count). The lowest BCUT2D eigenvalue weighted by Crippen LogP contribution is -2.45. The van der Waals surface area contributed by atoms with Crippen LogP contribution in [0.2, 0.25) is 0 Å². The largest absolute Gasteiger partial charge is 0.352 e. The average molecular weight is 486 g/mol. The van der Waals surface area contributed by atoms with E-state index in [1.165, 1.54) is 35.2 Å². The number of nitrogens with zero attached hydrogens (tertiary/aromatic N) is 3. The van der Waals surface area contributed by atoms with Crippen LogP contribution >= 0.6 is 11.3 Å². The normalized spacial score (nSPS) is 15.6. The number of benzene rings is 2. The zero-order valence-electron chi connectivity index (χ0n) is 18.0. The van der Waals surface area contributed by atoms with E-state index >= 15 is 0 Å². The SMILES string of the molecule is O=C(Nc1ccc(F)cc1)c1nnc(C(=O)N2CCC[C@@H](C(=O)NCc3ccccc3F)C2)s1. The van der Waals surface area contributed by atoms with E-state index in [1.807, 2.05) is 0 Å². The zero-order chi connectivity index (χ0) is 24.1. The highest BCUT2D eigenvalue weighted by Crippen LogP contribution is 2.21. The number of anilines is 1. The molecule has 0 spiro atoms. The van der Waals surface area contributed by atoms with Gasteiger partial charge in [-0.3, -0.25) is 14.4 Å². The van der Waals surface area contributed by atoms with Crippen molar-refractivity contribution in [1.29, 1.82) is 0 Å². The molecule has 2 heterocycles. The van der Waals surface area contributed by atoms with Gasteiger partial charge in [0, 0.05) is 30.9 Å². The molecule has 0 bridgehead atoms. The number of hydrogen-bond acceptors (Lipinski definition) is 6. The van der Waals surface area contributed by atoms with Crippen molar-refractivity contribution in [1.82, 2.24) is 20.4 Å². The summed E-state index contributed by atoms with van der Waals surface area (Å²) in [4.78, 5) is 39.4. The number of halogens is 2. The Kier molecular flexibility index (Phi) is 7.21. The second kappa shape index (κ2) is 10.5. The summed E-state index contributed by atoms with van der Waals surface area (Å²) in [6, 6.07) is 11.5. The molecule has 0 aliphatic carbocycles. The molecule has 1 saturated heterocycles. The first-order valence-electron chi connectivity index (χ1n) is 10.6. The van der Waals surface area contributed by atoms with Crippen LogP contribution in [0, 0.1) is 17.6 Å². The van der Waals surface area contributed by atoms with Crippen LogP contribution in [-0.4, -0.2) is 45.9 Å². The molecule has 0 unspecified atom stereocenters. The molecule has 1 fully saturated rings. The fourth-order valence-electron chi connectivity index (χ4n) is 3.60. The molecule has 0 saturated carbocycles. The van der Waals surface area contributed by atoms with Gasteiger partial charge in [-0.1, -0.05) is 29.5 Å². The van der Waals surface area contributed by atoms with E-state index in [1.54, 1.807) is 18.2 Å². The molecule has 8 nitrogen and oxygen atoms in total. The smallest absolute Gasteiger partial charge is 0.286 e. The highest BCUT2D eigenvalue weighted by molar-refractivity contribution is 7.15. The second-order valence-electron chi connectivity index (χ2n) is 7.77. The van der Waals surface area contributed by atoms with Crippen LogP contribution in [0.4, 0.5) is 14.5 Å². The van der Waals surface area contributed by atoms with Crippen molar-refractivity contribution in [2.24, 2.45) is 5.92 Å². The van der Waals surface area contributed by atoms with E-state index < -0.39 is 29.4 Å². The summed E-state index contributed by atoms with van der Waals surface area (Å²) >= 11 is 0.842. The summed E-state index contributed by atoms with van der Waals surface area (Å²) in [7, 11) is 0. The molecule has 1 aliphatic rings. The third kappa shape index (κ3) is 5.60. The molecule has 34 heavy (non-hydrogen) atoms. The highest BCUT2D eigenvalue weighted by Gasteiger charge is 2.31. The van der Waals surface area contributed by atoms with Crippen molar-refractivity contribution >= 4 is 34.7 Å². The number of rotatable bonds is 6. The standard InChI is InChI=1S/C23H21F2N5O3S/c24-16-7-9-17(10-8-16)27-20(32)21-28-29-22(34-21)23(33)30-11-3-5-15(13-30)19(31)26-12-14-4-1-2-6-18(14)25/h1-2,4,6-10,15H,3,5,11-13H2,(H,26,31)(H,27,32)/t15-/m1/s1. The van der Waals surface area contributed by atoms with Crippen LogP contribution in [0.15, 0.2) is 48.5 Å². The third-order valence-electron chi connectivity index (χ3n) is 5.39. The van der Waals surface area contributed by atoms with Crippen LogP contribution in [0.25, 0.3) is 0 Å². The fourth-order valence-corrected chi connectivity index (χ4v) is 4.31. The average Bonchev–Trinajstić information content (AvgIpc) is 3.35. The Hall–Kier alpha value is -3.73. The quantitative estimate of drug-likeness (QED) is 0.558. The van der Waals surface area contributed by atoms with Crippen LogP contribution in [-0.2, 0) is 11.3 Å². The van der Waals surface area contributed by atoms with Crippen molar-refractivity contribution in [3.63, 3.8) is 0 Å². The van der Waals surface area contributed by atoms with Gasteiger partial charge in [-0.25, -0.2) is 8.78 Å². The minimum atomic E-state index is -0.563. The molecule has 176 valence electrons. The molecular weight excluding hydrogens is 464 g/mol. The van der Waals surface area contributed by atoms with Gasteiger partial charge in [0.2, 0.25) is 15.9 Å². The minimum absolute atomic E-state index is 0.0103. The lowest BCUT2D eigenvalue weighted by atomic mass is 9.97. The lowest BCUT2D eigenvalue weighted by molar-refractivity contribution is -0.126. The van der Waals surface area contributed by atoms with Gasteiger partial charge in [0.25, 0.3) is 11.8 Å². The number of hydrogen-bond donors (Lipinski definition) is 2. The van der Waals surface area contributed by atoms with Gasteiger partial charge in [-0.2, -0.15) is 0 Å². The number of piperidine rings is 1. The van der Waals surface area contributed by atoms with Crippen LogP contribution in [0.1, 0.15) is 38.0 Å². The van der Waals surface area contributed by atoms with Crippen LogP contribution < -0.4 is 10.6 Å². The van der Waals surface area contributed by atoms with Crippen molar-refractivity contribution in [2.75, 3.05) is 18.4 Å². The number of amides is 3. The van der Waals surface area contributed by atoms with E-state index in [-0.39, 0.29) is 29.0 Å². The molecule has 3 aromatic rings. The van der Waals surface area contributed by atoms with Gasteiger partial charge in [0.15, 0.2) is 0 Å². The Morgan fingerprint density at radius 2 is 1.76 bits per heavy atom. The Morgan fingerprint density at radius 3 is 2.53 bits per heavy atom. The van der Waals surface area contributed by atoms with E-state index in [0.29, 0.717) is 30.6 Å². The maximum absolute atomic E-state index is 13.8. The number of carbonyl (C=O) groups excluding carboxylic acids is 3. The first-order chi connectivity index (χ1) is 16.4. The van der Waals surface area contributed by atoms with Gasteiger partial charge >= 0.3 is 0 Å². The minimum Gasteiger partial charge on any atom is -0.352 e. The second-order valence-corrected chi connectivity index (χ2v) is 8.75. The van der Waals surface area contributed by atoms with E-state index in [2.05, 4.69) is 20.8 Å². The van der Waals surface area contributed by atoms with Crippen molar-refractivity contribution in [3.8, 4) is 0 Å². The van der Waals surface area contributed by atoms with Gasteiger partial charge in [0.1, 0.15) is 11.6 Å². The summed E-state index contributed by atoms with van der Waals surface area (Å²) in [5.41, 5.74) is 0.773. The van der Waals surface area contributed by atoms with Gasteiger partial charge < -0.3 is 15.5 Å². The molecule has 0 radical (unpaired) electrons. The molecule has 1 aliphatic heterocycles. The van der Waals surface area contributed by atoms with E-state index in [4.69, 9.17) is 0 Å². The van der Waals surface area contributed by atoms with Gasteiger partial charge in [-0.05, 0) is 43.2 Å². The Balaban J connectivity index is 1.34. The van der Waals surface area contributed by atoms with Crippen molar-refractivity contribution in [2.45, 2.75) is 19.4 Å². The first-order valence-corrected chi connectivity index (χ1v) is 11.4. The van der Waals surface area contributed by atoms with Crippen molar-refractivity contribution in [3.05, 3.63) is 75.7 Å². The lowest BCUT2D eigenvalue weighted by Gasteiger charge is -2.31. The van der Waals surface area contributed by atoms with Crippen LogP contribution in [0.3, 0.4) is 0 Å². The molecule has 2 N–H and O–H groups in total. The Bertz CT molecular complexity index is 1200. The maximum atomic E-state index is 13.8. The Labute approximate surface area is 198 Å². The van der Waals surface area contributed by atoms with E-state index in [0.717, 1.165) is 11.3 Å². The molecule has 3 amide bonds. The van der Waals surface area contributed by atoms with Gasteiger partial charge in [0.05, 0.1) is 5.92 Å². The number of nitrogens with one attached hydrogen (secondary N) is 2. The molecule has 1 atom stereocenters. The van der Waals surface area contributed by atoms with Crippen LogP contribution in [0.5, 0.6) is 0 Å².